The van der Waals surface area contributed by atoms with Crippen LogP contribution in [0.1, 0.15) is 0 Å². The van der Waals surface area contributed by atoms with Crippen LogP contribution in [0.25, 0.3) is 5.82 Å². The molecule has 0 radical (unpaired) electrons. The Kier molecular flexibility index (Phi) is 5.22. The summed E-state index contributed by atoms with van der Waals surface area (Å²) in [5.74, 6) is -0.142. The van der Waals surface area contributed by atoms with E-state index in [-0.39, 0.29) is 30.2 Å². The molecule has 29 heavy (non-hydrogen) atoms. The van der Waals surface area contributed by atoms with E-state index in [1.54, 1.807) is 6.07 Å². The molecule has 0 unspecified atom stereocenters. The quantitative estimate of drug-likeness (QED) is 0.570. The fourth-order valence-electron chi connectivity index (χ4n) is 3.07. The lowest BCUT2D eigenvalue weighted by atomic mass is 10.4. The van der Waals surface area contributed by atoms with Crippen LogP contribution < -0.4 is 5.56 Å². The zero-order chi connectivity index (χ0) is 20.4. The van der Waals surface area contributed by atoms with Crippen molar-refractivity contribution >= 4 is 10.0 Å². The van der Waals surface area contributed by atoms with Gasteiger partial charge in [0.2, 0.25) is 10.0 Å². The molecule has 10 nitrogen and oxygen atoms in total. The number of halogens is 1. The van der Waals surface area contributed by atoms with E-state index in [9.17, 15) is 17.6 Å². The van der Waals surface area contributed by atoms with Crippen LogP contribution in [0.4, 0.5) is 4.39 Å². The van der Waals surface area contributed by atoms with Gasteiger partial charge in [-0.3, -0.25) is 9.69 Å². The topological polar surface area (TPSA) is 106 Å². The number of piperazine rings is 1. The number of hydrogen-bond acceptors (Lipinski definition) is 7. The maximum absolute atomic E-state index is 13.4. The van der Waals surface area contributed by atoms with Crippen LogP contribution in [0.15, 0.2) is 58.7 Å². The third-order valence-electron chi connectivity index (χ3n) is 4.61. The number of rotatable bonds is 5. The van der Waals surface area contributed by atoms with E-state index >= 15 is 0 Å². The molecule has 2 aromatic heterocycles. The van der Waals surface area contributed by atoms with Crippen molar-refractivity contribution < 1.29 is 12.8 Å². The third-order valence-corrected chi connectivity index (χ3v) is 6.50. The van der Waals surface area contributed by atoms with Crippen molar-refractivity contribution in [3.8, 4) is 5.82 Å². The van der Waals surface area contributed by atoms with E-state index in [4.69, 9.17) is 0 Å². The van der Waals surface area contributed by atoms with Gasteiger partial charge in [0.25, 0.3) is 5.56 Å². The first-order chi connectivity index (χ1) is 13.9. The smallest absolute Gasteiger partial charge is 0.268 e. The second-order valence-electron chi connectivity index (χ2n) is 6.49. The van der Waals surface area contributed by atoms with Crippen LogP contribution in [-0.2, 0) is 16.7 Å². The van der Waals surface area contributed by atoms with Gasteiger partial charge in [-0.1, -0.05) is 6.07 Å². The Balaban J connectivity index is 1.44. The predicted molar refractivity (Wildman–Crippen MR) is 100 cm³/mol. The highest BCUT2D eigenvalue weighted by Crippen LogP contribution is 2.18. The van der Waals surface area contributed by atoms with Gasteiger partial charge in [-0.2, -0.15) is 9.40 Å². The lowest BCUT2D eigenvalue weighted by Gasteiger charge is -2.33. The Morgan fingerprint density at radius 2 is 1.86 bits per heavy atom. The van der Waals surface area contributed by atoms with Gasteiger partial charge >= 0.3 is 0 Å². The summed E-state index contributed by atoms with van der Waals surface area (Å²) in [6.45, 7) is 1.51. The molecule has 1 fully saturated rings. The molecule has 1 aromatic carbocycles. The Morgan fingerprint density at radius 1 is 1.07 bits per heavy atom. The van der Waals surface area contributed by atoms with Crippen LogP contribution in [0.2, 0.25) is 0 Å². The molecule has 3 aromatic rings. The summed E-state index contributed by atoms with van der Waals surface area (Å²) in [6, 6.07) is 7.92. The molecule has 0 N–H and O–H groups in total. The average Bonchev–Trinajstić information content (AvgIpc) is 3.25. The van der Waals surface area contributed by atoms with Crippen LogP contribution in [-0.4, -0.2) is 68.3 Å². The molecule has 0 spiro atoms. The molecular weight excluding hydrogens is 401 g/mol. The number of hydrogen-bond donors (Lipinski definition) is 0. The average molecular weight is 419 g/mol. The monoisotopic (exact) mass is 419 g/mol. The van der Waals surface area contributed by atoms with Gasteiger partial charge in [0, 0.05) is 32.2 Å². The summed E-state index contributed by atoms with van der Waals surface area (Å²) in [5, 5.41) is 8.27. The highest BCUT2D eigenvalue weighted by molar-refractivity contribution is 7.89. The lowest BCUT2D eigenvalue weighted by Crippen LogP contribution is -2.49. The number of benzene rings is 1. The second-order valence-corrected chi connectivity index (χ2v) is 8.43. The van der Waals surface area contributed by atoms with Gasteiger partial charge < -0.3 is 0 Å². The lowest BCUT2D eigenvalue weighted by molar-refractivity contribution is 0.142. The van der Waals surface area contributed by atoms with Crippen molar-refractivity contribution in [2.45, 2.75) is 11.6 Å². The molecule has 4 rings (SSSR count). The van der Waals surface area contributed by atoms with Crippen LogP contribution in [0.3, 0.4) is 0 Å². The molecule has 0 aliphatic carbocycles. The standard InChI is InChI=1S/C17H18FN7O3S/c18-14-2-1-3-15(10-14)29(27,28)23-8-6-22(7-9-23)13-25-17(26)5-4-16(21-25)24-12-19-11-20-24/h1-5,10-12H,6-9,13H2. The maximum atomic E-state index is 13.4. The van der Waals surface area contributed by atoms with Gasteiger partial charge in [0.15, 0.2) is 5.82 Å². The Morgan fingerprint density at radius 3 is 2.55 bits per heavy atom. The maximum Gasteiger partial charge on any atom is 0.268 e. The Hall–Kier alpha value is -2.96. The summed E-state index contributed by atoms with van der Waals surface area (Å²) >= 11 is 0. The Bertz CT molecular complexity index is 1160. The zero-order valence-corrected chi connectivity index (χ0v) is 16.1. The largest absolute Gasteiger partial charge is 0.282 e. The van der Waals surface area contributed by atoms with Crippen molar-refractivity contribution in [1.82, 2.24) is 33.8 Å². The molecular formula is C17H18FN7O3S. The van der Waals surface area contributed by atoms with Crippen molar-refractivity contribution in [1.29, 1.82) is 0 Å². The molecule has 0 amide bonds. The van der Waals surface area contributed by atoms with Crippen LogP contribution in [0.5, 0.6) is 0 Å². The van der Waals surface area contributed by atoms with Crippen molar-refractivity contribution in [2.75, 3.05) is 26.2 Å². The normalized spacial score (nSPS) is 16.2. The van der Waals surface area contributed by atoms with Crippen LogP contribution in [0, 0.1) is 5.82 Å². The van der Waals surface area contributed by atoms with Crippen molar-refractivity contribution in [3.63, 3.8) is 0 Å². The molecule has 3 heterocycles. The second kappa shape index (κ2) is 7.81. The van der Waals surface area contributed by atoms with Gasteiger partial charge in [-0.05, 0) is 24.3 Å². The minimum absolute atomic E-state index is 0.0654. The molecule has 1 aliphatic heterocycles. The third kappa shape index (κ3) is 4.09. The highest BCUT2D eigenvalue weighted by atomic mass is 32.2. The van der Waals surface area contributed by atoms with Gasteiger partial charge in [0.1, 0.15) is 18.5 Å². The van der Waals surface area contributed by atoms with E-state index in [0.717, 1.165) is 6.07 Å². The van der Waals surface area contributed by atoms with Gasteiger partial charge in [-0.25, -0.2) is 27.2 Å². The fraction of sp³-hybridized carbons (Fsp3) is 0.294. The SMILES string of the molecule is O=c1ccc(-n2cncn2)nn1CN1CCN(S(=O)(=O)c2cccc(F)c2)CC1. The van der Waals surface area contributed by atoms with Crippen LogP contribution >= 0.6 is 0 Å². The molecule has 1 aliphatic rings. The molecule has 0 atom stereocenters. The van der Waals surface area contributed by atoms with Crippen molar-refractivity contribution in [2.24, 2.45) is 0 Å². The number of nitrogens with zero attached hydrogens (tertiary/aromatic N) is 7. The Labute approximate surface area is 165 Å². The zero-order valence-electron chi connectivity index (χ0n) is 15.3. The fourth-order valence-corrected chi connectivity index (χ4v) is 4.52. The summed E-state index contributed by atoms with van der Waals surface area (Å²) in [7, 11) is -3.76. The van der Waals surface area contributed by atoms with Crippen molar-refractivity contribution in [3.05, 3.63) is 65.2 Å². The molecule has 12 heteroatoms. The van der Waals surface area contributed by atoms with E-state index in [2.05, 4.69) is 15.2 Å². The van der Waals surface area contributed by atoms with E-state index in [1.165, 1.54) is 50.6 Å². The van der Waals surface area contributed by atoms with Gasteiger partial charge in [0.05, 0.1) is 11.6 Å². The summed E-state index contributed by atoms with van der Waals surface area (Å²) < 4.78 is 42.8. The van der Waals surface area contributed by atoms with E-state index in [0.29, 0.717) is 18.9 Å². The predicted octanol–water partition coefficient (Wildman–Crippen LogP) is -0.0729. The highest BCUT2D eigenvalue weighted by Gasteiger charge is 2.29. The minimum atomic E-state index is -3.76. The van der Waals surface area contributed by atoms with Gasteiger partial charge in [-0.15, -0.1) is 5.10 Å². The first kappa shape index (κ1) is 19.4. The summed E-state index contributed by atoms with van der Waals surface area (Å²) in [6.07, 6.45) is 2.85. The molecule has 1 saturated heterocycles. The first-order valence-electron chi connectivity index (χ1n) is 8.85. The minimum Gasteiger partial charge on any atom is -0.282 e. The van der Waals surface area contributed by atoms with E-state index in [1.807, 2.05) is 4.90 Å². The first-order valence-corrected chi connectivity index (χ1v) is 10.3. The number of aromatic nitrogens is 5. The molecule has 0 bridgehead atoms. The number of sulfonamides is 1. The summed E-state index contributed by atoms with van der Waals surface area (Å²) in [4.78, 5) is 17.9. The molecule has 152 valence electrons. The summed E-state index contributed by atoms with van der Waals surface area (Å²) in [5.41, 5.74) is -0.274. The molecule has 0 saturated carbocycles. The van der Waals surface area contributed by atoms with E-state index < -0.39 is 15.8 Å².